The molecular formula is C81H67O2S+. The zero-order valence-corrected chi connectivity index (χ0v) is 48.6. The normalized spacial score (nSPS) is 14.6. The summed E-state index contributed by atoms with van der Waals surface area (Å²) < 4.78 is 15.4. The van der Waals surface area contributed by atoms with Gasteiger partial charge in [0.15, 0.2) is 21.7 Å². The third-order valence-corrected chi connectivity index (χ3v) is 20.4. The Kier molecular flexibility index (Phi) is 15.5. The van der Waals surface area contributed by atoms with Crippen molar-refractivity contribution in [2.75, 3.05) is 20.5 Å². The Labute approximate surface area is 499 Å². The Balaban J connectivity index is 1.10. The molecule has 3 heteroatoms. The number of hydrogen-bond acceptors (Lipinski definition) is 2. The SMILES string of the molecule is COC(c1cc(-c2ccccc2)cc(-c2ccccc2)c1)(c1cc(-c2ccccc2)cc(-c2ccccc2)c1)[C@H]1CC[C@H](C(OC)(c2cc(-c3ccccc3)cc(-c3ccccc3)c2)c2cc(-c3ccccc3)cc(-c3ccccc3)c2)[S+]1C. The largest absolute Gasteiger partial charge is 0.363 e. The molecule has 0 aliphatic carbocycles. The molecule has 0 saturated carbocycles. The molecule has 0 amide bonds. The van der Waals surface area contributed by atoms with Gasteiger partial charge in [-0.2, -0.15) is 0 Å². The Bertz CT molecular complexity index is 3400. The second kappa shape index (κ2) is 24.0. The maximum absolute atomic E-state index is 7.71. The minimum absolute atomic E-state index is 0.0388. The first-order valence-electron chi connectivity index (χ1n) is 29.2. The molecule has 0 radical (unpaired) electrons. The fourth-order valence-corrected chi connectivity index (χ4v) is 16.6. The van der Waals surface area contributed by atoms with Crippen LogP contribution in [0.25, 0.3) is 89.0 Å². The second-order valence-electron chi connectivity index (χ2n) is 22.2. The fourth-order valence-electron chi connectivity index (χ4n) is 13.4. The molecule has 84 heavy (non-hydrogen) atoms. The quantitative estimate of drug-likeness (QED) is 0.0898. The van der Waals surface area contributed by atoms with Crippen molar-refractivity contribution in [1.29, 1.82) is 0 Å². The lowest BCUT2D eigenvalue weighted by Crippen LogP contribution is -2.51. The molecule has 2 nitrogen and oxygen atoms in total. The van der Waals surface area contributed by atoms with Crippen molar-refractivity contribution >= 4 is 10.9 Å². The van der Waals surface area contributed by atoms with E-state index < -0.39 is 22.1 Å². The van der Waals surface area contributed by atoms with Crippen LogP contribution in [-0.4, -0.2) is 31.0 Å². The molecule has 2 atom stereocenters. The standard InChI is InChI=1S/C81H67O2S/c1-82-80(74-50-66(58-28-12-4-13-29-58)46-67(51-74)59-30-14-5-15-31-59,75-52-68(60-32-16-6-17-33-60)47-69(53-75)61-34-18-7-19-35-61)78-44-45-79(84(78)3)81(83-2,76-54-70(62-36-20-8-21-37-62)48-71(55-76)63-38-22-9-23-39-63)77-56-72(64-40-24-10-25-41-64)49-73(57-77)65-42-26-11-27-43-65/h4-43,46-57,78-79H,44-45H2,1-3H3/q+1/t78-,79-/m1/s1. The zero-order chi connectivity index (χ0) is 56.9. The van der Waals surface area contributed by atoms with E-state index in [2.05, 4.69) is 322 Å². The van der Waals surface area contributed by atoms with Crippen LogP contribution in [0.2, 0.25) is 0 Å². The predicted molar refractivity (Wildman–Crippen MR) is 355 cm³/mol. The molecule has 13 rings (SSSR count). The first-order valence-corrected chi connectivity index (χ1v) is 31.0. The smallest absolute Gasteiger partial charge is 0.165 e. The summed E-state index contributed by atoms with van der Waals surface area (Å²) in [5.41, 5.74) is 20.9. The minimum atomic E-state index is -0.975. The molecule has 1 aliphatic rings. The van der Waals surface area contributed by atoms with Gasteiger partial charge in [-0.25, -0.2) is 0 Å². The van der Waals surface area contributed by atoms with Crippen molar-refractivity contribution in [3.8, 4) is 89.0 Å². The van der Waals surface area contributed by atoms with Gasteiger partial charge in [0.05, 0.1) is 6.26 Å². The number of methoxy groups -OCH3 is 2. The number of benzene rings is 12. The molecule has 0 bridgehead atoms. The number of rotatable bonds is 16. The molecule has 1 aliphatic heterocycles. The van der Waals surface area contributed by atoms with Gasteiger partial charge in [-0.1, -0.05) is 243 Å². The van der Waals surface area contributed by atoms with Gasteiger partial charge in [-0.3, -0.25) is 0 Å². The van der Waals surface area contributed by atoms with Gasteiger partial charge in [0.1, 0.15) is 0 Å². The highest BCUT2D eigenvalue weighted by Gasteiger charge is 2.63. The number of ether oxygens (including phenoxy) is 2. The molecule has 12 aromatic rings. The molecule has 12 aromatic carbocycles. The predicted octanol–water partition coefficient (Wildman–Crippen LogP) is 20.3. The van der Waals surface area contributed by atoms with Gasteiger partial charge in [0.2, 0.25) is 0 Å². The van der Waals surface area contributed by atoms with E-state index in [1.165, 1.54) is 0 Å². The van der Waals surface area contributed by atoms with E-state index in [0.29, 0.717) is 0 Å². The Morgan fingerprint density at radius 3 is 0.536 bits per heavy atom. The average Bonchev–Trinajstić information content (AvgIpc) is 2.26. The highest BCUT2D eigenvalue weighted by Crippen LogP contribution is 2.56. The van der Waals surface area contributed by atoms with Crippen molar-refractivity contribution in [1.82, 2.24) is 0 Å². The molecule has 0 spiro atoms. The third kappa shape index (κ3) is 10.5. The summed E-state index contributed by atoms with van der Waals surface area (Å²) in [6, 6.07) is 116. The Morgan fingerprint density at radius 1 is 0.238 bits per heavy atom. The Hall–Kier alpha value is -9.09. The van der Waals surface area contributed by atoms with E-state index in [-0.39, 0.29) is 10.5 Å². The molecule has 0 unspecified atom stereocenters. The monoisotopic (exact) mass is 1100 g/mol. The van der Waals surface area contributed by atoms with Crippen LogP contribution in [0.1, 0.15) is 35.1 Å². The van der Waals surface area contributed by atoms with Crippen molar-refractivity contribution in [2.24, 2.45) is 0 Å². The second-order valence-corrected chi connectivity index (χ2v) is 24.5. The first-order chi connectivity index (χ1) is 41.4. The van der Waals surface area contributed by atoms with E-state index in [0.717, 1.165) is 124 Å². The molecule has 408 valence electrons. The molecule has 1 fully saturated rings. The maximum atomic E-state index is 7.71. The molecule has 1 heterocycles. The molecular weight excluding hydrogens is 1040 g/mol. The van der Waals surface area contributed by atoms with E-state index in [9.17, 15) is 0 Å². The minimum Gasteiger partial charge on any atom is -0.363 e. The van der Waals surface area contributed by atoms with Gasteiger partial charge < -0.3 is 9.47 Å². The van der Waals surface area contributed by atoms with E-state index in [1.54, 1.807) is 0 Å². The van der Waals surface area contributed by atoms with Gasteiger partial charge in [-0.15, -0.1) is 0 Å². The summed E-state index contributed by atoms with van der Waals surface area (Å²) in [6.07, 6.45) is 4.26. The van der Waals surface area contributed by atoms with Crippen LogP contribution in [0.4, 0.5) is 0 Å². The average molecular weight is 1100 g/mol. The van der Waals surface area contributed by atoms with Crippen molar-refractivity contribution in [3.05, 3.63) is 338 Å². The fraction of sp³-hybridized carbons (Fsp3) is 0.111. The van der Waals surface area contributed by atoms with Gasteiger partial charge in [0, 0.05) is 27.1 Å². The molecule has 1 saturated heterocycles. The van der Waals surface area contributed by atoms with Crippen LogP contribution in [0, 0.1) is 0 Å². The summed E-state index contributed by atoms with van der Waals surface area (Å²) >= 11 is 0. The summed E-state index contributed by atoms with van der Waals surface area (Å²) in [5.74, 6) is 0. The lowest BCUT2D eigenvalue weighted by atomic mass is 9.75. The van der Waals surface area contributed by atoms with Crippen molar-refractivity contribution in [3.63, 3.8) is 0 Å². The summed E-state index contributed by atoms with van der Waals surface area (Å²) in [7, 11) is 3.48. The van der Waals surface area contributed by atoms with Crippen LogP contribution in [0.3, 0.4) is 0 Å². The highest BCUT2D eigenvalue weighted by atomic mass is 32.2. The lowest BCUT2D eigenvalue weighted by molar-refractivity contribution is 0.0161. The maximum Gasteiger partial charge on any atom is 0.165 e. The summed E-state index contributed by atoms with van der Waals surface area (Å²) in [5, 5.41) is -0.0776. The highest BCUT2D eigenvalue weighted by molar-refractivity contribution is 7.97. The topological polar surface area (TPSA) is 18.5 Å². The van der Waals surface area contributed by atoms with Gasteiger partial charge in [-0.05, 0) is 195 Å². The summed E-state index contributed by atoms with van der Waals surface area (Å²) in [6.45, 7) is 0. The third-order valence-electron chi connectivity index (χ3n) is 17.4. The van der Waals surface area contributed by atoms with Crippen LogP contribution >= 0.6 is 0 Å². The van der Waals surface area contributed by atoms with Crippen LogP contribution in [0.5, 0.6) is 0 Å². The van der Waals surface area contributed by atoms with E-state index in [1.807, 2.05) is 14.2 Å². The van der Waals surface area contributed by atoms with Gasteiger partial charge in [0.25, 0.3) is 0 Å². The van der Waals surface area contributed by atoms with Crippen LogP contribution in [-0.2, 0) is 31.6 Å². The molecule has 0 N–H and O–H groups in total. The van der Waals surface area contributed by atoms with Crippen molar-refractivity contribution < 1.29 is 9.47 Å². The van der Waals surface area contributed by atoms with Crippen LogP contribution < -0.4 is 0 Å². The van der Waals surface area contributed by atoms with Crippen LogP contribution in [0.15, 0.2) is 315 Å². The zero-order valence-electron chi connectivity index (χ0n) is 47.8. The van der Waals surface area contributed by atoms with E-state index in [4.69, 9.17) is 9.47 Å². The summed E-state index contributed by atoms with van der Waals surface area (Å²) in [4.78, 5) is 0. The van der Waals surface area contributed by atoms with Crippen molar-refractivity contribution in [2.45, 2.75) is 34.5 Å². The Morgan fingerprint density at radius 2 is 0.393 bits per heavy atom. The van der Waals surface area contributed by atoms with E-state index >= 15 is 0 Å². The number of hydrogen-bond donors (Lipinski definition) is 0. The lowest BCUT2D eigenvalue weighted by Gasteiger charge is -2.41. The molecule has 0 aromatic heterocycles. The first kappa shape index (κ1) is 54.2. The van der Waals surface area contributed by atoms with Gasteiger partial charge >= 0.3 is 0 Å².